The molecular weight excluding hydrogens is 224 g/mol. The molecule has 2 nitrogen and oxygen atoms in total. The Hall–Kier alpha value is 0.100. The van der Waals surface area contributed by atoms with Crippen molar-refractivity contribution in [1.82, 2.24) is 0 Å². The van der Waals surface area contributed by atoms with Crippen molar-refractivity contribution in [3.63, 3.8) is 0 Å². The van der Waals surface area contributed by atoms with Crippen LogP contribution < -0.4 is 11.5 Å². The van der Waals surface area contributed by atoms with Crippen LogP contribution in [-0.2, 0) is 0 Å². The van der Waals surface area contributed by atoms with Crippen molar-refractivity contribution in [2.24, 2.45) is 11.5 Å². The fourth-order valence-electron chi connectivity index (χ4n) is 0.780. The Bertz CT molecular complexity index is 227. The van der Waals surface area contributed by atoms with Gasteiger partial charge in [0.15, 0.2) is 0 Å². The first kappa shape index (κ1) is 9.19. The minimum atomic E-state index is -0.00926. The highest BCUT2D eigenvalue weighted by atomic mass is 79.9. The minimum Gasteiger partial charge on any atom is -0.329 e. The van der Waals surface area contributed by atoms with Gasteiger partial charge in [0.05, 0.1) is 6.04 Å². The van der Waals surface area contributed by atoms with Crippen molar-refractivity contribution in [1.29, 1.82) is 0 Å². The summed E-state index contributed by atoms with van der Waals surface area (Å²) in [6, 6.07) is 2.03. The number of hydrogen-bond acceptors (Lipinski definition) is 3. The van der Waals surface area contributed by atoms with Gasteiger partial charge in [0.2, 0.25) is 0 Å². The van der Waals surface area contributed by atoms with E-state index in [2.05, 4.69) is 22.9 Å². The van der Waals surface area contributed by atoms with Gasteiger partial charge in [-0.3, -0.25) is 0 Å². The number of hydrogen-bond donors (Lipinski definition) is 2. The van der Waals surface area contributed by atoms with E-state index >= 15 is 0 Å². The lowest BCUT2D eigenvalue weighted by molar-refractivity contribution is 0.751. The molecule has 0 aliphatic carbocycles. The van der Waals surface area contributed by atoms with E-state index in [-0.39, 0.29) is 6.04 Å². The van der Waals surface area contributed by atoms with Crippen molar-refractivity contribution >= 4 is 27.3 Å². The standard InChI is InChI=1S/C7H11BrN2S/c1-4-5(8)2-7(11-4)6(10)3-9/h2,6H,3,9-10H2,1H3. The summed E-state index contributed by atoms with van der Waals surface area (Å²) in [4.78, 5) is 2.40. The number of rotatable bonds is 2. The third-order valence-electron chi connectivity index (χ3n) is 1.50. The van der Waals surface area contributed by atoms with E-state index in [0.29, 0.717) is 6.54 Å². The Balaban J connectivity index is 2.88. The lowest BCUT2D eigenvalue weighted by Crippen LogP contribution is -2.19. The Labute approximate surface area is 78.7 Å². The van der Waals surface area contributed by atoms with Crippen LogP contribution in [0.3, 0.4) is 0 Å². The summed E-state index contributed by atoms with van der Waals surface area (Å²) >= 11 is 5.12. The maximum Gasteiger partial charge on any atom is 0.0514 e. The van der Waals surface area contributed by atoms with E-state index in [9.17, 15) is 0 Å². The molecule has 62 valence electrons. The fourth-order valence-corrected chi connectivity index (χ4v) is 2.36. The zero-order chi connectivity index (χ0) is 8.43. The zero-order valence-electron chi connectivity index (χ0n) is 6.30. The molecule has 0 spiro atoms. The van der Waals surface area contributed by atoms with Gasteiger partial charge in [0.1, 0.15) is 0 Å². The monoisotopic (exact) mass is 234 g/mol. The second-order valence-corrected chi connectivity index (χ2v) is 4.54. The van der Waals surface area contributed by atoms with E-state index in [0.717, 1.165) is 9.35 Å². The van der Waals surface area contributed by atoms with Crippen LogP contribution in [0.15, 0.2) is 10.5 Å². The summed E-state index contributed by atoms with van der Waals surface area (Å²) in [5, 5.41) is 0. The van der Waals surface area contributed by atoms with Crippen LogP contribution in [-0.4, -0.2) is 6.54 Å². The van der Waals surface area contributed by atoms with Crippen LogP contribution in [0.4, 0.5) is 0 Å². The molecule has 0 aliphatic rings. The van der Waals surface area contributed by atoms with Crippen LogP contribution >= 0.6 is 27.3 Å². The molecule has 1 rings (SSSR count). The molecule has 4 N–H and O–H groups in total. The van der Waals surface area contributed by atoms with Crippen molar-refractivity contribution in [2.75, 3.05) is 6.54 Å². The smallest absolute Gasteiger partial charge is 0.0514 e. The zero-order valence-corrected chi connectivity index (χ0v) is 8.71. The van der Waals surface area contributed by atoms with Gasteiger partial charge < -0.3 is 11.5 Å². The molecule has 0 radical (unpaired) electrons. The average molecular weight is 235 g/mol. The second-order valence-electron chi connectivity index (χ2n) is 2.40. The van der Waals surface area contributed by atoms with Crippen molar-refractivity contribution in [2.45, 2.75) is 13.0 Å². The number of thiophene rings is 1. The van der Waals surface area contributed by atoms with Gasteiger partial charge in [-0.05, 0) is 28.9 Å². The summed E-state index contributed by atoms with van der Waals surface area (Å²) < 4.78 is 1.13. The van der Waals surface area contributed by atoms with Crippen LogP contribution in [0.5, 0.6) is 0 Å². The molecular formula is C7H11BrN2S. The first-order valence-electron chi connectivity index (χ1n) is 3.36. The number of aryl methyl sites for hydroxylation is 1. The molecule has 0 aromatic carbocycles. The molecule has 1 aromatic rings. The van der Waals surface area contributed by atoms with Crippen LogP contribution in [0.1, 0.15) is 15.8 Å². The molecule has 0 aliphatic heterocycles. The maximum atomic E-state index is 5.74. The molecule has 11 heavy (non-hydrogen) atoms. The molecule has 1 atom stereocenters. The molecule has 0 amide bonds. The van der Waals surface area contributed by atoms with Crippen molar-refractivity contribution < 1.29 is 0 Å². The van der Waals surface area contributed by atoms with Crippen LogP contribution in [0.25, 0.3) is 0 Å². The van der Waals surface area contributed by atoms with E-state index in [4.69, 9.17) is 11.5 Å². The van der Waals surface area contributed by atoms with Crippen LogP contribution in [0, 0.1) is 6.92 Å². The first-order valence-corrected chi connectivity index (χ1v) is 4.97. The SMILES string of the molecule is Cc1sc(C(N)CN)cc1Br. The van der Waals surface area contributed by atoms with Crippen LogP contribution in [0.2, 0.25) is 0 Å². The topological polar surface area (TPSA) is 52.0 Å². The summed E-state index contributed by atoms with van der Waals surface area (Å²) in [5.74, 6) is 0. The maximum absolute atomic E-state index is 5.74. The fraction of sp³-hybridized carbons (Fsp3) is 0.429. The third kappa shape index (κ3) is 2.02. The van der Waals surface area contributed by atoms with E-state index < -0.39 is 0 Å². The number of halogens is 1. The molecule has 0 saturated carbocycles. The Morgan fingerprint density at radius 1 is 1.73 bits per heavy atom. The van der Waals surface area contributed by atoms with Gasteiger partial charge in [-0.25, -0.2) is 0 Å². The highest BCUT2D eigenvalue weighted by Crippen LogP contribution is 2.29. The molecule has 4 heteroatoms. The molecule has 0 saturated heterocycles. The molecule has 1 unspecified atom stereocenters. The van der Waals surface area contributed by atoms with Gasteiger partial charge >= 0.3 is 0 Å². The Morgan fingerprint density at radius 2 is 2.36 bits per heavy atom. The molecule has 0 fully saturated rings. The number of nitrogens with two attached hydrogens (primary N) is 2. The lowest BCUT2D eigenvalue weighted by Gasteiger charge is -2.03. The third-order valence-corrected chi connectivity index (χ3v) is 3.76. The van der Waals surface area contributed by atoms with Gasteiger partial charge in [-0.1, -0.05) is 0 Å². The Morgan fingerprint density at radius 3 is 2.73 bits per heavy atom. The largest absolute Gasteiger partial charge is 0.329 e. The quantitative estimate of drug-likeness (QED) is 0.820. The summed E-state index contributed by atoms with van der Waals surface area (Å²) in [6.07, 6.45) is 0. The van der Waals surface area contributed by atoms with E-state index in [1.807, 2.05) is 6.07 Å². The molecule has 1 aromatic heterocycles. The van der Waals surface area contributed by atoms with Gasteiger partial charge in [0, 0.05) is 20.8 Å². The highest BCUT2D eigenvalue weighted by Gasteiger charge is 2.08. The molecule has 0 bridgehead atoms. The predicted octanol–water partition coefficient (Wildman–Crippen LogP) is 1.78. The summed E-state index contributed by atoms with van der Waals surface area (Å²) in [6.45, 7) is 2.56. The van der Waals surface area contributed by atoms with Crippen molar-refractivity contribution in [3.8, 4) is 0 Å². The molecule has 1 heterocycles. The average Bonchev–Trinajstić information content (AvgIpc) is 2.31. The lowest BCUT2D eigenvalue weighted by atomic mass is 10.2. The van der Waals surface area contributed by atoms with Gasteiger partial charge in [0.25, 0.3) is 0 Å². The highest BCUT2D eigenvalue weighted by molar-refractivity contribution is 9.10. The first-order chi connectivity index (χ1) is 5.15. The predicted molar refractivity (Wildman–Crippen MR) is 52.7 cm³/mol. The summed E-state index contributed by atoms with van der Waals surface area (Å²) in [5.41, 5.74) is 11.2. The minimum absolute atomic E-state index is 0.00926. The van der Waals surface area contributed by atoms with Gasteiger partial charge in [-0.15, -0.1) is 11.3 Å². The second kappa shape index (κ2) is 3.67. The summed E-state index contributed by atoms with van der Waals surface area (Å²) in [7, 11) is 0. The Kier molecular flexibility index (Phi) is 3.06. The van der Waals surface area contributed by atoms with E-state index in [1.54, 1.807) is 11.3 Å². The van der Waals surface area contributed by atoms with Gasteiger partial charge in [-0.2, -0.15) is 0 Å². The van der Waals surface area contributed by atoms with E-state index in [1.165, 1.54) is 4.88 Å². The van der Waals surface area contributed by atoms with Crippen molar-refractivity contribution in [3.05, 3.63) is 20.3 Å². The normalized spacial score (nSPS) is 13.5.